The van der Waals surface area contributed by atoms with Crippen LogP contribution in [0.3, 0.4) is 0 Å². The number of unbranched alkanes of at least 4 members (excludes halogenated alkanes) is 2. The van der Waals surface area contributed by atoms with Gasteiger partial charge in [0.25, 0.3) is 0 Å². The van der Waals surface area contributed by atoms with E-state index in [9.17, 15) is 33.6 Å². The SMILES string of the molecule is CNC(=O)CCOCCOCCOCCOCCOCCC(=O)NCCCOCCOCCOCCCNC(=O)[C@H](CCCCNC(=O)OCc1ccccc1)CC(=O)[C@H](CCCCNC(=O)OCc1ccccc1)NC(=O)OCc1ccccc1. The molecule has 24 heteroatoms. The molecule has 86 heavy (non-hydrogen) atoms. The molecule has 6 N–H and O–H groups in total. The Morgan fingerprint density at radius 3 is 1.16 bits per heavy atom. The fourth-order valence-electron chi connectivity index (χ4n) is 7.85. The molecule has 6 amide bonds. The lowest BCUT2D eigenvalue weighted by atomic mass is 9.91. The Labute approximate surface area is 506 Å². The molecule has 0 spiro atoms. The van der Waals surface area contributed by atoms with Gasteiger partial charge in [0.05, 0.1) is 98.5 Å². The Hall–Kier alpha value is -6.77. The molecule has 0 fully saturated rings. The summed E-state index contributed by atoms with van der Waals surface area (Å²) < 4.78 is 60.1. The highest BCUT2D eigenvalue weighted by Gasteiger charge is 2.28. The maximum Gasteiger partial charge on any atom is 0.408 e. The second kappa shape index (κ2) is 51.5. The van der Waals surface area contributed by atoms with Crippen LogP contribution < -0.4 is 31.9 Å². The predicted octanol–water partition coefficient (Wildman–Crippen LogP) is 5.72. The molecule has 3 aromatic rings. The fraction of sp³-hybridized carbons (Fsp3) is 0.597. The zero-order valence-electron chi connectivity index (χ0n) is 50.2. The van der Waals surface area contributed by atoms with E-state index in [0.717, 1.165) is 16.7 Å². The van der Waals surface area contributed by atoms with Gasteiger partial charge in [0.2, 0.25) is 17.7 Å². The molecule has 0 aromatic heterocycles. The molecule has 0 saturated heterocycles. The van der Waals surface area contributed by atoms with Gasteiger partial charge in [-0.2, -0.15) is 0 Å². The van der Waals surface area contributed by atoms with Gasteiger partial charge < -0.3 is 84.0 Å². The number of Topliss-reactive ketones (excluding diaryl/α,β-unsaturated/α-hetero) is 1. The quantitative estimate of drug-likeness (QED) is 0.0291. The van der Waals surface area contributed by atoms with E-state index in [4.69, 9.17) is 52.1 Å². The zero-order valence-corrected chi connectivity index (χ0v) is 50.2. The summed E-state index contributed by atoms with van der Waals surface area (Å²) >= 11 is 0. The molecule has 0 aliphatic rings. The third-order valence-electron chi connectivity index (χ3n) is 12.6. The van der Waals surface area contributed by atoms with E-state index >= 15 is 0 Å². The monoisotopic (exact) mass is 1210 g/mol. The van der Waals surface area contributed by atoms with E-state index in [1.807, 2.05) is 91.0 Å². The molecule has 2 atom stereocenters. The van der Waals surface area contributed by atoms with Gasteiger partial charge in [-0.1, -0.05) is 97.4 Å². The average molecular weight is 1210 g/mol. The van der Waals surface area contributed by atoms with Crippen molar-refractivity contribution in [2.45, 2.75) is 96.5 Å². The molecule has 0 aliphatic carbocycles. The van der Waals surface area contributed by atoms with E-state index in [0.29, 0.717) is 170 Å². The minimum atomic E-state index is -0.971. The summed E-state index contributed by atoms with van der Waals surface area (Å²) in [6.07, 6.45) is 2.20. The van der Waals surface area contributed by atoms with Gasteiger partial charge in [-0.3, -0.25) is 19.2 Å². The van der Waals surface area contributed by atoms with Crippen LogP contribution in [-0.2, 0) is 91.1 Å². The Bertz CT molecular complexity index is 2240. The molecule has 0 radical (unpaired) electrons. The smallest absolute Gasteiger partial charge is 0.408 e. The van der Waals surface area contributed by atoms with E-state index in [2.05, 4.69) is 31.9 Å². The third-order valence-corrected chi connectivity index (χ3v) is 12.6. The second-order valence-electron chi connectivity index (χ2n) is 19.5. The molecule has 0 heterocycles. The van der Waals surface area contributed by atoms with E-state index in [1.165, 1.54) is 0 Å². The van der Waals surface area contributed by atoms with Gasteiger partial charge in [0, 0.05) is 71.6 Å². The Kier molecular flexibility index (Phi) is 44.0. The maximum absolute atomic E-state index is 14.1. The normalized spacial score (nSPS) is 11.6. The number of ketones is 1. The van der Waals surface area contributed by atoms with Gasteiger partial charge in [0.1, 0.15) is 19.8 Å². The number of hydrogen-bond acceptors (Lipinski definition) is 18. The topological polar surface area (TPSA) is 293 Å². The third kappa shape index (κ3) is 41.3. The highest BCUT2D eigenvalue weighted by Crippen LogP contribution is 2.18. The van der Waals surface area contributed by atoms with Crippen molar-refractivity contribution in [3.8, 4) is 0 Å². The minimum Gasteiger partial charge on any atom is -0.445 e. The Morgan fingerprint density at radius 1 is 0.372 bits per heavy atom. The molecule has 480 valence electrons. The molecular weight excluding hydrogens is 1120 g/mol. The minimum absolute atomic E-state index is 0.00191. The largest absolute Gasteiger partial charge is 0.445 e. The summed E-state index contributed by atoms with van der Waals surface area (Å²) in [5.41, 5.74) is 2.48. The van der Waals surface area contributed by atoms with Crippen LogP contribution >= 0.6 is 0 Å². The van der Waals surface area contributed by atoms with Gasteiger partial charge in [-0.25, -0.2) is 14.4 Å². The van der Waals surface area contributed by atoms with Gasteiger partial charge in [0.15, 0.2) is 5.78 Å². The first-order valence-corrected chi connectivity index (χ1v) is 29.9. The predicted molar refractivity (Wildman–Crippen MR) is 319 cm³/mol. The lowest BCUT2D eigenvalue weighted by molar-refractivity contribution is -0.130. The fourth-order valence-corrected chi connectivity index (χ4v) is 7.85. The van der Waals surface area contributed by atoms with Crippen LogP contribution in [0.2, 0.25) is 0 Å². The Morgan fingerprint density at radius 2 is 0.733 bits per heavy atom. The number of nitrogens with one attached hydrogen (secondary N) is 6. The highest BCUT2D eigenvalue weighted by molar-refractivity contribution is 5.91. The first kappa shape index (κ1) is 73.5. The summed E-state index contributed by atoms with van der Waals surface area (Å²) in [5, 5.41) is 16.5. The number of hydrogen-bond donors (Lipinski definition) is 6. The molecular formula is C62H94N6O18. The van der Waals surface area contributed by atoms with Crippen LogP contribution in [0.15, 0.2) is 91.0 Å². The molecule has 0 unspecified atom stereocenters. The average Bonchev–Trinajstić information content (AvgIpc) is 3.62. The molecule has 0 bridgehead atoms. The van der Waals surface area contributed by atoms with Crippen molar-refractivity contribution < 1.29 is 85.7 Å². The van der Waals surface area contributed by atoms with E-state index in [1.54, 1.807) is 7.05 Å². The van der Waals surface area contributed by atoms with Crippen LogP contribution in [0.1, 0.15) is 87.3 Å². The van der Waals surface area contributed by atoms with Crippen molar-refractivity contribution in [2.75, 3.05) is 139 Å². The molecule has 3 aromatic carbocycles. The van der Waals surface area contributed by atoms with Crippen LogP contribution in [0.25, 0.3) is 0 Å². The summed E-state index contributed by atoms with van der Waals surface area (Å²) in [4.78, 5) is 88.8. The van der Waals surface area contributed by atoms with Gasteiger partial charge >= 0.3 is 18.3 Å². The van der Waals surface area contributed by atoms with E-state index in [-0.39, 0.29) is 75.7 Å². The van der Waals surface area contributed by atoms with Crippen molar-refractivity contribution in [2.24, 2.45) is 5.92 Å². The standard InChI is InChI=1S/C62H94N6O18/c1-63-57(70)25-33-78-37-41-81-43-45-83-46-44-82-42-38-79-34-26-58(71)64-29-15-31-76-35-39-80-40-36-77-32-16-30-65-59(72)54(23-11-13-27-66-60(73)84-48-51-17-5-2-6-18-51)47-56(69)55(68-62(75)86-50-53-21-9-4-10-22-53)24-12-14-28-67-61(74)85-49-52-19-7-3-8-20-52/h2-10,17-22,54-55H,11-16,23-50H2,1H3,(H,63,70)(H,64,71)(H,65,72)(H,66,73)(H,67,74)(H,68,75)/t54-,55+/m1/s1. The maximum atomic E-state index is 14.1. The van der Waals surface area contributed by atoms with Crippen molar-refractivity contribution in [1.29, 1.82) is 0 Å². The molecule has 24 nitrogen and oxygen atoms in total. The number of benzene rings is 3. The number of alkyl carbamates (subject to hydrolysis) is 3. The Balaban J connectivity index is 1.28. The van der Waals surface area contributed by atoms with Crippen LogP contribution in [0, 0.1) is 5.92 Å². The number of rotatable bonds is 53. The molecule has 0 saturated carbocycles. The lowest BCUT2D eigenvalue weighted by Crippen LogP contribution is -2.43. The summed E-state index contributed by atoms with van der Waals surface area (Å²) in [6, 6.07) is 26.8. The number of carbonyl (C=O) groups excluding carboxylic acids is 7. The molecule has 0 aliphatic heterocycles. The van der Waals surface area contributed by atoms with Crippen molar-refractivity contribution in [3.05, 3.63) is 108 Å². The highest BCUT2D eigenvalue weighted by atomic mass is 16.6. The van der Waals surface area contributed by atoms with E-state index < -0.39 is 30.2 Å². The summed E-state index contributed by atoms with van der Waals surface area (Å²) in [5.74, 6) is -1.57. The van der Waals surface area contributed by atoms with Gasteiger partial charge in [-0.15, -0.1) is 0 Å². The zero-order chi connectivity index (χ0) is 61.6. The first-order valence-electron chi connectivity index (χ1n) is 29.9. The lowest BCUT2D eigenvalue weighted by Gasteiger charge is -2.21. The first-order chi connectivity index (χ1) is 42.1. The number of carbonyl (C=O) groups is 7. The second-order valence-corrected chi connectivity index (χ2v) is 19.5. The number of ether oxygens (including phenoxy) is 11. The van der Waals surface area contributed by atoms with Crippen molar-refractivity contribution >= 4 is 41.8 Å². The van der Waals surface area contributed by atoms with Crippen molar-refractivity contribution in [3.63, 3.8) is 0 Å². The molecule has 3 rings (SSSR count). The van der Waals surface area contributed by atoms with Crippen LogP contribution in [0.5, 0.6) is 0 Å². The summed E-state index contributed by atoms with van der Waals surface area (Å²) in [6.45, 7) is 7.84. The number of amides is 6. The van der Waals surface area contributed by atoms with Gasteiger partial charge in [-0.05, 0) is 61.6 Å². The van der Waals surface area contributed by atoms with Crippen molar-refractivity contribution in [1.82, 2.24) is 31.9 Å². The van der Waals surface area contributed by atoms with Crippen LogP contribution in [-0.4, -0.2) is 187 Å². The summed E-state index contributed by atoms with van der Waals surface area (Å²) in [7, 11) is 1.59. The van der Waals surface area contributed by atoms with Crippen LogP contribution in [0.4, 0.5) is 14.4 Å².